The second-order valence-electron chi connectivity index (χ2n) is 4.84. The van der Waals surface area contributed by atoms with Gasteiger partial charge in [0.05, 0.1) is 27.1 Å². The van der Waals surface area contributed by atoms with Crippen molar-refractivity contribution < 1.29 is 98.4 Å². The molecule has 4 unspecified atom stereocenters. The molecule has 1 aliphatic heterocycles. The fraction of sp³-hybridized carbons (Fsp3) is 0.500. The topological polar surface area (TPSA) is 217 Å². The van der Waals surface area contributed by atoms with Gasteiger partial charge in [0.25, 0.3) is 5.56 Å². The van der Waals surface area contributed by atoms with E-state index < -0.39 is 44.5 Å². The minimum absolute atomic E-state index is 0. The Morgan fingerprint density at radius 1 is 1.31 bits per heavy atom. The Balaban J connectivity index is 0.00000208. The molecule has 0 aromatic carbocycles. The molecule has 2 aromatic rings. The molecule has 3 heterocycles. The third-order valence-electron chi connectivity index (χ3n) is 3.37. The number of hydrogen-bond donors (Lipinski definition) is 3. The van der Waals surface area contributed by atoms with Crippen LogP contribution in [-0.2, 0) is 13.8 Å². The number of nitrogens with one attached hydrogen (secondary N) is 1. The van der Waals surface area contributed by atoms with E-state index in [0.29, 0.717) is 0 Å². The van der Waals surface area contributed by atoms with Gasteiger partial charge in [0.15, 0.2) is 17.4 Å². The van der Waals surface area contributed by atoms with Gasteiger partial charge in [0.2, 0.25) is 0 Å². The summed E-state index contributed by atoms with van der Waals surface area (Å²) in [7, 11) is -5.24. The van der Waals surface area contributed by atoms with Crippen LogP contribution in [0.2, 0.25) is 0 Å². The number of nitrogens with zero attached hydrogens (tertiary/aromatic N) is 3. The van der Waals surface area contributed by atoms with Crippen LogP contribution in [0.5, 0.6) is 0 Å². The molecule has 0 bridgehead atoms. The number of aromatic nitrogens is 4. The van der Waals surface area contributed by atoms with E-state index in [1.807, 2.05) is 0 Å². The second kappa shape index (κ2) is 10.2. The summed E-state index contributed by atoms with van der Waals surface area (Å²) in [5.41, 5.74) is -0.397. The van der Waals surface area contributed by atoms with E-state index in [0.717, 1.165) is 6.33 Å². The Bertz CT molecular complexity index is 826. The van der Waals surface area contributed by atoms with Gasteiger partial charge < -0.3 is 44.3 Å². The number of fused-ring (bicyclic) bond motifs is 1. The van der Waals surface area contributed by atoms with Gasteiger partial charge in [-0.25, -0.2) is 9.97 Å². The van der Waals surface area contributed by atoms with E-state index in [9.17, 15) is 29.4 Å². The van der Waals surface area contributed by atoms with Crippen molar-refractivity contribution in [2.24, 2.45) is 0 Å². The number of H-pyrrole nitrogens is 1. The summed E-state index contributed by atoms with van der Waals surface area (Å²) >= 11 is 0. The van der Waals surface area contributed by atoms with E-state index in [2.05, 4.69) is 19.5 Å². The minimum atomic E-state index is -5.24. The molecule has 3 rings (SSSR count). The Labute approximate surface area is 189 Å². The van der Waals surface area contributed by atoms with Crippen molar-refractivity contribution >= 4 is 19.0 Å². The number of hydrogen-bond acceptors (Lipinski definition) is 10. The Morgan fingerprint density at radius 2 is 1.96 bits per heavy atom. The molecule has 1 aliphatic rings. The maximum absolute atomic E-state index is 11.6. The van der Waals surface area contributed by atoms with Crippen LogP contribution < -0.4 is 74.5 Å². The van der Waals surface area contributed by atoms with E-state index in [1.54, 1.807) is 0 Å². The summed E-state index contributed by atoms with van der Waals surface area (Å²) in [6.07, 6.45) is -3.11. The first kappa shape index (κ1) is 26.3. The predicted molar refractivity (Wildman–Crippen MR) is 71.2 cm³/mol. The molecule has 2 aromatic heterocycles. The summed E-state index contributed by atoms with van der Waals surface area (Å²) in [6, 6.07) is 0. The number of phosphoric ester groups is 1. The van der Waals surface area contributed by atoms with Crippen molar-refractivity contribution in [3.63, 3.8) is 0 Å². The summed E-state index contributed by atoms with van der Waals surface area (Å²) < 4.78 is 21.1. The number of rotatable bonds is 4. The van der Waals surface area contributed by atoms with Gasteiger partial charge in [0, 0.05) is 0 Å². The minimum Gasteiger partial charge on any atom is -0.790 e. The Morgan fingerprint density at radius 3 is 2.58 bits per heavy atom. The molecule has 16 heteroatoms. The fourth-order valence-electron chi connectivity index (χ4n) is 2.31. The van der Waals surface area contributed by atoms with E-state index in [1.165, 1.54) is 10.9 Å². The van der Waals surface area contributed by atoms with Crippen LogP contribution in [0.25, 0.3) is 11.2 Å². The van der Waals surface area contributed by atoms with E-state index in [4.69, 9.17) is 4.74 Å². The summed E-state index contributed by atoms with van der Waals surface area (Å²) in [5.74, 6) is 0. The summed E-state index contributed by atoms with van der Waals surface area (Å²) in [6.45, 7) is -0.750. The molecule has 5 N–H and O–H groups in total. The van der Waals surface area contributed by atoms with Crippen LogP contribution in [-0.4, -0.2) is 60.1 Å². The maximum atomic E-state index is 11.6. The third kappa shape index (κ3) is 5.43. The van der Waals surface area contributed by atoms with Gasteiger partial charge in [0.1, 0.15) is 18.3 Å². The summed E-state index contributed by atoms with van der Waals surface area (Å²) in [4.78, 5) is 42.6. The quantitative estimate of drug-likeness (QED) is 0.319. The van der Waals surface area contributed by atoms with Crippen molar-refractivity contribution in [3.8, 4) is 0 Å². The molecule has 1 fully saturated rings. The monoisotopic (exact) mass is 410 g/mol. The summed E-state index contributed by atoms with van der Waals surface area (Å²) in [5, 5.41) is 19.9. The van der Waals surface area contributed by atoms with Crippen LogP contribution in [0.3, 0.4) is 0 Å². The standard InChI is InChI=1S/C10H13N4O8P.2Na.H2O/c15-6-4(1-21-23(18,19)20)22-10(7(6)16)14-3-13-5-8(14)11-2-12-9(5)17;;;/h2-4,6-7,10,15-16H,1H2,(H,11,12,17)(H2,18,19,20);;;1H2/q;2*+1;/p-2. The molecule has 0 amide bonds. The Kier molecular flexibility index (Phi) is 10.3. The SMILES string of the molecule is O.O=c1[nH]cnc2c1ncn2C1OC(COP(=O)([O-])[O-])C(O)C1O.[Na+].[Na+]. The van der Waals surface area contributed by atoms with Crippen LogP contribution >= 0.6 is 7.82 Å². The largest absolute Gasteiger partial charge is 1.00 e. The molecular weight excluding hydrogens is 397 g/mol. The first-order valence-electron chi connectivity index (χ1n) is 6.36. The first-order chi connectivity index (χ1) is 10.8. The zero-order valence-corrected chi connectivity index (χ0v) is 18.7. The molecule has 13 nitrogen and oxygen atoms in total. The molecule has 1 saturated heterocycles. The van der Waals surface area contributed by atoms with Crippen LogP contribution in [0.15, 0.2) is 17.4 Å². The smallest absolute Gasteiger partial charge is 0.790 e. The van der Waals surface area contributed by atoms with Crippen molar-refractivity contribution in [1.82, 2.24) is 19.5 Å². The average molecular weight is 410 g/mol. The Hall–Kier alpha value is 0.300. The van der Waals surface area contributed by atoms with Crippen molar-refractivity contribution in [1.29, 1.82) is 0 Å². The van der Waals surface area contributed by atoms with E-state index in [-0.39, 0.29) is 75.8 Å². The number of aliphatic hydroxyl groups excluding tert-OH is 2. The fourth-order valence-corrected chi connectivity index (χ4v) is 2.64. The molecule has 0 spiro atoms. The predicted octanol–water partition coefficient (Wildman–Crippen LogP) is -10.2. The van der Waals surface area contributed by atoms with Gasteiger partial charge in [-0.2, -0.15) is 0 Å². The van der Waals surface area contributed by atoms with Gasteiger partial charge in [-0.15, -0.1) is 0 Å². The third-order valence-corrected chi connectivity index (χ3v) is 3.84. The molecule has 26 heavy (non-hydrogen) atoms. The van der Waals surface area contributed by atoms with Gasteiger partial charge in [-0.1, -0.05) is 0 Å². The maximum Gasteiger partial charge on any atom is 1.00 e. The van der Waals surface area contributed by atoms with Crippen molar-refractivity contribution in [3.05, 3.63) is 23.0 Å². The van der Waals surface area contributed by atoms with Crippen molar-refractivity contribution in [2.75, 3.05) is 6.61 Å². The van der Waals surface area contributed by atoms with Gasteiger partial charge >= 0.3 is 59.1 Å². The number of ether oxygens (including phenoxy) is 1. The zero-order chi connectivity index (χ0) is 16.8. The molecule has 0 aliphatic carbocycles. The number of imidazole rings is 1. The molecule has 134 valence electrons. The first-order valence-corrected chi connectivity index (χ1v) is 7.82. The van der Waals surface area contributed by atoms with Crippen LogP contribution in [0.4, 0.5) is 0 Å². The van der Waals surface area contributed by atoms with Gasteiger partial charge in [-0.05, 0) is 0 Å². The molecule has 4 atom stereocenters. The number of phosphoric acid groups is 1. The molecule has 0 saturated carbocycles. The number of aromatic amines is 1. The molecular formula is C10H13N4Na2O9P. The molecule has 0 radical (unpaired) electrons. The van der Waals surface area contributed by atoms with Crippen LogP contribution in [0, 0.1) is 0 Å². The average Bonchev–Trinajstić information content (AvgIpc) is 3.01. The van der Waals surface area contributed by atoms with Crippen LogP contribution in [0.1, 0.15) is 6.23 Å². The zero-order valence-electron chi connectivity index (χ0n) is 13.8. The van der Waals surface area contributed by atoms with E-state index >= 15 is 0 Å². The number of aliphatic hydroxyl groups is 2. The normalized spacial score (nSPS) is 25.2. The second-order valence-corrected chi connectivity index (χ2v) is 6.00. The van der Waals surface area contributed by atoms with Gasteiger partial charge in [-0.3, -0.25) is 9.36 Å². The van der Waals surface area contributed by atoms with Crippen molar-refractivity contribution in [2.45, 2.75) is 24.5 Å².